The van der Waals surface area contributed by atoms with Crippen molar-refractivity contribution < 1.29 is 14.3 Å². The predicted octanol–water partition coefficient (Wildman–Crippen LogP) is 2.29. The van der Waals surface area contributed by atoms with Crippen LogP contribution in [0.2, 0.25) is 0 Å². The van der Waals surface area contributed by atoms with E-state index in [1.807, 2.05) is 6.07 Å². The molecule has 0 spiro atoms. The van der Waals surface area contributed by atoms with Crippen molar-refractivity contribution in [2.45, 2.75) is 31.7 Å². The molecule has 0 aliphatic carbocycles. The van der Waals surface area contributed by atoms with Crippen LogP contribution in [-0.4, -0.2) is 37.9 Å². The summed E-state index contributed by atoms with van der Waals surface area (Å²) in [4.78, 5) is 24.1. The molecule has 0 bridgehead atoms. The summed E-state index contributed by atoms with van der Waals surface area (Å²) in [5, 5.41) is 6.20. The summed E-state index contributed by atoms with van der Waals surface area (Å²) in [7, 11) is 1.53. The highest BCUT2D eigenvalue weighted by atomic mass is 79.9. The second kappa shape index (κ2) is 8.29. The maximum Gasteiger partial charge on any atom is 0.220 e. The molecule has 2 N–H and O–H groups in total. The van der Waals surface area contributed by atoms with Gasteiger partial charge in [-0.2, -0.15) is 0 Å². The summed E-state index contributed by atoms with van der Waals surface area (Å²) in [5.74, 6) is 0.354. The van der Waals surface area contributed by atoms with Gasteiger partial charge in [-0.25, -0.2) is 0 Å². The number of amides is 1. The molecule has 2 rings (SSSR count). The third kappa shape index (κ3) is 4.81. The number of rotatable bonds is 7. The summed E-state index contributed by atoms with van der Waals surface area (Å²) >= 11 is 3.34. The fourth-order valence-electron chi connectivity index (χ4n) is 2.52. The second-order valence-electron chi connectivity index (χ2n) is 5.37. The van der Waals surface area contributed by atoms with E-state index in [0.29, 0.717) is 23.9 Å². The fourth-order valence-corrected chi connectivity index (χ4v) is 2.88. The molecule has 0 aromatic heterocycles. The molecule has 1 aromatic rings. The van der Waals surface area contributed by atoms with Gasteiger partial charge in [-0.05, 0) is 37.6 Å². The molecule has 1 aromatic carbocycles. The number of methoxy groups -OCH3 is 1. The Balaban J connectivity index is 1.81. The number of hydrogen-bond donors (Lipinski definition) is 2. The SMILES string of the molecule is COc1ccc(Br)cc1C(=O)CCC(=O)NCC1CCCN1. The van der Waals surface area contributed by atoms with Crippen LogP contribution in [0.25, 0.3) is 0 Å². The molecule has 5 nitrogen and oxygen atoms in total. The first-order valence-electron chi connectivity index (χ1n) is 7.47. The van der Waals surface area contributed by atoms with Crippen molar-refractivity contribution >= 4 is 27.6 Å². The largest absolute Gasteiger partial charge is 0.496 e. The molecule has 6 heteroatoms. The van der Waals surface area contributed by atoms with E-state index in [9.17, 15) is 9.59 Å². The first kappa shape index (κ1) is 17.0. The van der Waals surface area contributed by atoms with Gasteiger partial charge in [0.15, 0.2) is 5.78 Å². The lowest BCUT2D eigenvalue weighted by Crippen LogP contribution is -2.37. The van der Waals surface area contributed by atoms with E-state index >= 15 is 0 Å². The van der Waals surface area contributed by atoms with Crippen LogP contribution in [-0.2, 0) is 4.79 Å². The predicted molar refractivity (Wildman–Crippen MR) is 88.3 cm³/mol. The van der Waals surface area contributed by atoms with Gasteiger partial charge in [-0.15, -0.1) is 0 Å². The van der Waals surface area contributed by atoms with Crippen molar-refractivity contribution in [3.8, 4) is 5.75 Å². The summed E-state index contributed by atoms with van der Waals surface area (Å²) in [6.07, 6.45) is 2.62. The van der Waals surface area contributed by atoms with Gasteiger partial charge < -0.3 is 15.4 Å². The van der Waals surface area contributed by atoms with Gasteiger partial charge in [0.05, 0.1) is 12.7 Å². The third-order valence-electron chi connectivity index (χ3n) is 3.75. The Morgan fingerprint density at radius 3 is 2.91 bits per heavy atom. The molecule has 120 valence electrons. The highest BCUT2D eigenvalue weighted by Crippen LogP contribution is 2.24. The zero-order valence-electron chi connectivity index (χ0n) is 12.7. The van der Waals surface area contributed by atoms with E-state index in [1.165, 1.54) is 7.11 Å². The maximum absolute atomic E-state index is 12.2. The van der Waals surface area contributed by atoms with Gasteiger partial charge in [-0.1, -0.05) is 15.9 Å². The molecule has 22 heavy (non-hydrogen) atoms. The topological polar surface area (TPSA) is 67.4 Å². The molecule has 1 unspecified atom stereocenters. The maximum atomic E-state index is 12.2. The van der Waals surface area contributed by atoms with Crippen LogP contribution in [0.1, 0.15) is 36.0 Å². The Bertz CT molecular complexity index is 542. The first-order valence-corrected chi connectivity index (χ1v) is 8.26. The average Bonchev–Trinajstić information content (AvgIpc) is 3.04. The Labute approximate surface area is 138 Å². The number of ketones is 1. The highest BCUT2D eigenvalue weighted by Gasteiger charge is 2.17. The minimum absolute atomic E-state index is 0.0870. The third-order valence-corrected chi connectivity index (χ3v) is 4.24. The zero-order valence-corrected chi connectivity index (χ0v) is 14.2. The molecule has 1 fully saturated rings. The molecule has 1 heterocycles. The van der Waals surface area contributed by atoms with E-state index in [1.54, 1.807) is 12.1 Å². The van der Waals surface area contributed by atoms with E-state index in [-0.39, 0.29) is 24.5 Å². The summed E-state index contributed by atoms with van der Waals surface area (Å²) < 4.78 is 6.01. The lowest BCUT2D eigenvalue weighted by atomic mass is 10.1. The van der Waals surface area contributed by atoms with Crippen LogP contribution < -0.4 is 15.4 Å². The fraction of sp³-hybridized carbons (Fsp3) is 0.500. The first-order chi connectivity index (χ1) is 10.6. The molecular weight excluding hydrogens is 348 g/mol. The number of halogens is 1. The molecule has 0 radical (unpaired) electrons. The molecule has 0 saturated carbocycles. The summed E-state index contributed by atoms with van der Waals surface area (Å²) in [5.41, 5.74) is 0.502. The van der Waals surface area contributed by atoms with Gasteiger partial charge in [0, 0.05) is 29.9 Å². The number of ether oxygens (including phenoxy) is 1. The standard InChI is InChI=1S/C16H21BrN2O3/c1-22-15-6-4-11(17)9-13(15)14(20)5-7-16(21)19-10-12-3-2-8-18-12/h4,6,9,12,18H,2-3,5,7-8,10H2,1H3,(H,19,21). The smallest absolute Gasteiger partial charge is 0.220 e. The molecule has 1 saturated heterocycles. The Morgan fingerprint density at radius 2 is 2.23 bits per heavy atom. The van der Waals surface area contributed by atoms with E-state index < -0.39 is 0 Å². The average molecular weight is 369 g/mol. The Kier molecular flexibility index (Phi) is 6.39. The second-order valence-corrected chi connectivity index (χ2v) is 6.28. The van der Waals surface area contributed by atoms with Crippen molar-refractivity contribution in [2.75, 3.05) is 20.2 Å². The number of benzene rings is 1. The molecule has 1 amide bonds. The quantitative estimate of drug-likeness (QED) is 0.724. The van der Waals surface area contributed by atoms with Crippen LogP contribution in [0, 0.1) is 0 Å². The van der Waals surface area contributed by atoms with Crippen molar-refractivity contribution in [3.05, 3.63) is 28.2 Å². The minimum atomic E-state index is -0.0905. The van der Waals surface area contributed by atoms with E-state index in [2.05, 4.69) is 26.6 Å². The number of nitrogens with one attached hydrogen (secondary N) is 2. The van der Waals surface area contributed by atoms with E-state index in [4.69, 9.17) is 4.74 Å². The van der Waals surface area contributed by atoms with Crippen LogP contribution >= 0.6 is 15.9 Å². The monoisotopic (exact) mass is 368 g/mol. The van der Waals surface area contributed by atoms with Gasteiger partial charge >= 0.3 is 0 Å². The molecule has 1 aliphatic heterocycles. The number of hydrogen-bond acceptors (Lipinski definition) is 4. The van der Waals surface area contributed by atoms with Crippen LogP contribution in [0.3, 0.4) is 0 Å². The molecule has 1 atom stereocenters. The lowest BCUT2D eigenvalue weighted by molar-refractivity contribution is -0.121. The number of carbonyl (C=O) groups excluding carboxylic acids is 2. The highest BCUT2D eigenvalue weighted by molar-refractivity contribution is 9.10. The lowest BCUT2D eigenvalue weighted by Gasteiger charge is -2.11. The molecular formula is C16H21BrN2O3. The minimum Gasteiger partial charge on any atom is -0.496 e. The van der Waals surface area contributed by atoms with Crippen LogP contribution in [0.4, 0.5) is 0 Å². The Morgan fingerprint density at radius 1 is 1.41 bits per heavy atom. The normalized spacial score (nSPS) is 17.3. The number of carbonyl (C=O) groups is 2. The Hall–Kier alpha value is -1.40. The summed E-state index contributed by atoms with van der Waals surface area (Å²) in [6, 6.07) is 5.64. The molecule has 1 aliphatic rings. The van der Waals surface area contributed by atoms with Gasteiger partial charge in [-0.3, -0.25) is 9.59 Å². The zero-order chi connectivity index (χ0) is 15.9. The number of Topliss-reactive ketones (excluding diaryl/α,β-unsaturated/α-hetero) is 1. The van der Waals surface area contributed by atoms with Gasteiger partial charge in [0.25, 0.3) is 0 Å². The van der Waals surface area contributed by atoms with Crippen LogP contribution in [0.15, 0.2) is 22.7 Å². The van der Waals surface area contributed by atoms with E-state index in [0.717, 1.165) is 23.9 Å². The van der Waals surface area contributed by atoms with Gasteiger partial charge in [0.1, 0.15) is 5.75 Å². The van der Waals surface area contributed by atoms with Crippen molar-refractivity contribution in [1.82, 2.24) is 10.6 Å². The van der Waals surface area contributed by atoms with Crippen molar-refractivity contribution in [1.29, 1.82) is 0 Å². The summed E-state index contributed by atoms with van der Waals surface area (Å²) in [6.45, 7) is 1.65. The van der Waals surface area contributed by atoms with Crippen molar-refractivity contribution in [2.24, 2.45) is 0 Å². The van der Waals surface area contributed by atoms with Crippen molar-refractivity contribution in [3.63, 3.8) is 0 Å². The van der Waals surface area contributed by atoms with Crippen LogP contribution in [0.5, 0.6) is 5.75 Å². The van der Waals surface area contributed by atoms with Gasteiger partial charge in [0.2, 0.25) is 5.91 Å².